The van der Waals surface area contributed by atoms with Crippen LogP contribution in [0.1, 0.15) is 64.3 Å². The Morgan fingerprint density at radius 1 is 1.32 bits per heavy atom. The molecule has 1 aliphatic rings. The maximum atomic E-state index is 12.5. The van der Waals surface area contributed by atoms with Crippen molar-refractivity contribution in [3.8, 4) is 0 Å². The molecule has 2 heterocycles. The molecular weight excluding hydrogens is 292 g/mol. The molecule has 122 valence electrons. The van der Waals surface area contributed by atoms with Gasteiger partial charge >= 0.3 is 0 Å². The molecule has 3 nitrogen and oxygen atoms in total. The Labute approximate surface area is 138 Å². The van der Waals surface area contributed by atoms with E-state index < -0.39 is 0 Å². The number of amides is 1. The van der Waals surface area contributed by atoms with Gasteiger partial charge in [-0.15, -0.1) is 11.8 Å². The van der Waals surface area contributed by atoms with Crippen molar-refractivity contribution in [3.05, 3.63) is 29.6 Å². The second-order valence-corrected chi connectivity index (χ2v) is 7.62. The van der Waals surface area contributed by atoms with Crippen LogP contribution in [-0.4, -0.2) is 33.6 Å². The molecule has 0 spiro atoms. The monoisotopic (exact) mass is 320 g/mol. The molecule has 1 aromatic rings. The predicted octanol–water partition coefficient (Wildman–Crippen LogP) is 4.23. The predicted molar refractivity (Wildman–Crippen MR) is 94.1 cm³/mol. The summed E-state index contributed by atoms with van der Waals surface area (Å²) < 4.78 is 0. The molecule has 1 amide bonds. The van der Waals surface area contributed by atoms with E-state index in [9.17, 15) is 4.79 Å². The number of rotatable bonds is 5. The molecule has 0 bridgehead atoms. The molecular formula is C18H28N2OS. The molecule has 0 aromatic carbocycles. The van der Waals surface area contributed by atoms with Crippen LogP contribution in [-0.2, 0) is 10.5 Å². The molecule has 1 aliphatic heterocycles. The quantitative estimate of drug-likeness (QED) is 0.814. The minimum atomic E-state index is 0.282. The summed E-state index contributed by atoms with van der Waals surface area (Å²) in [6, 6.07) is 6.96. The SMILES string of the molecule is CC(C)c1cccc(CSCC(=O)N2[C@H](C)CCC[C@@H]2C)n1. The zero-order valence-electron chi connectivity index (χ0n) is 14.2. The summed E-state index contributed by atoms with van der Waals surface area (Å²) in [5.74, 6) is 2.09. The number of nitrogens with zero attached hydrogens (tertiary/aromatic N) is 2. The first kappa shape index (κ1) is 17.3. The van der Waals surface area contributed by atoms with E-state index in [2.05, 4.69) is 55.8 Å². The number of pyridine rings is 1. The van der Waals surface area contributed by atoms with Crippen LogP contribution in [0.5, 0.6) is 0 Å². The fraction of sp³-hybridized carbons (Fsp3) is 0.667. The molecule has 0 unspecified atom stereocenters. The van der Waals surface area contributed by atoms with Crippen LogP contribution in [0.2, 0.25) is 0 Å². The lowest BCUT2D eigenvalue weighted by molar-refractivity contribution is -0.134. The van der Waals surface area contributed by atoms with Crippen molar-refractivity contribution in [1.29, 1.82) is 0 Å². The van der Waals surface area contributed by atoms with E-state index in [1.807, 2.05) is 0 Å². The van der Waals surface area contributed by atoms with Gasteiger partial charge in [0.15, 0.2) is 0 Å². The minimum Gasteiger partial charge on any atom is -0.337 e. The van der Waals surface area contributed by atoms with Gasteiger partial charge in [-0.25, -0.2) is 0 Å². The van der Waals surface area contributed by atoms with E-state index in [4.69, 9.17) is 0 Å². The lowest BCUT2D eigenvalue weighted by Crippen LogP contribution is -2.48. The zero-order chi connectivity index (χ0) is 16.1. The van der Waals surface area contributed by atoms with E-state index in [-0.39, 0.29) is 5.91 Å². The fourth-order valence-corrected chi connectivity index (χ4v) is 3.93. The summed E-state index contributed by atoms with van der Waals surface area (Å²) >= 11 is 1.68. The Morgan fingerprint density at radius 3 is 2.64 bits per heavy atom. The zero-order valence-corrected chi connectivity index (χ0v) is 15.0. The van der Waals surface area contributed by atoms with Gasteiger partial charge in [-0.3, -0.25) is 9.78 Å². The summed E-state index contributed by atoms with van der Waals surface area (Å²) in [6.45, 7) is 8.65. The van der Waals surface area contributed by atoms with E-state index in [1.165, 1.54) is 6.42 Å². The van der Waals surface area contributed by atoms with Crippen molar-refractivity contribution in [1.82, 2.24) is 9.88 Å². The third-order valence-electron chi connectivity index (χ3n) is 4.38. The van der Waals surface area contributed by atoms with Crippen molar-refractivity contribution in [3.63, 3.8) is 0 Å². The molecule has 0 radical (unpaired) electrons. The molecule has 1 saturated heterocycles. The summed E-state index contributed by atoms with van der Waals surface area (Å²) in [7, 11) is 0. The van der Waals surface area contributed by atoms with Crippen molar-refractivity contribution < 1.29 is 4.79 Å². The Balaban J connectivity index is 1.85. The van der Waals surface area contributed by atoms with Crippen LogP contribution in [0.15, 0.2) is 18.2 Å². The normalized spacial score (nSPS) is 22.1. The van der Waals surface area contributed by atoms with Crippen LogP contribution >= 0.6 is 11.8 Å². The summed E-state index contributed by atoms with van der Waals surface area (Å²) in [6.07, 6.45) is 3.52. The second kappa shape index (κ2) is 8.00. The number of aromatic nitrogens is 1. The first-order valence-corrected chi connectivity index (χ1v) is 9.49. The molecule has 0 aliphatic carbocycles. The van der Waals surface area contributed by atoms with E-state index in [1.54, 1.807) is 11.8 Å². The van der Waals surface area contributed by atoms with Crippen LogP contribution in [0.25, 0.3) is 0 Å². The number of piperidine rings is 1. The average Bonchev–Trinajstić information content (AvgIpc) is 2.47. The first-order valence-electron chi connectivity index (χ1n) is 8.33. The van der Waals surface area contributed by atoms with Gasteiger partial charge in [0.2, 0.25) is 5.91 Å². The Morgan fingerprint density at radius 2 is 2.00 bits per heavy atom. The van der Waals surface area contributed by atoms with Gasteiger partial charge in [0.1, 0.15) is 0 Å². The Hall–Kier alpha value is -1.03. The molecule has 0 saturated carbocycles. The van der Waals surface area contributed by atoms with Crippen molar-refractivity contribution in [2.45, 2.75) is 70.7 Å². The molecule has 22 heavy (non-hydrogen) atoms. The molecule has 2 rings (SSSR count). The van der Waals surface area contributed by atoms with Gasteiger partial charge in [-0.05, 0) is 51.2 Å². The molecule has 2 atom stereocenters. The highest BCUT2D eigenvalue weighted by atomic mass is 32.2. The van der Waals surface area contributed by atoms with Gasteiger partial charge in [0.05, 0.1) is 11.4 Å². The Kier molecular flexibility index (Phi) is 6.30. The maximum absolute atomic E-state index is 12.5. The number of hydrogen-bond donors (Lipinski definition) is 0. The Bertz CT molecular complexity index is 494. The highest BCUT2D eigenvalue weighted by Crippen LogP contribution is 2.24. The van der Waals surface area contributed by atoms with E-state index in [0.717, 1.165) is 30.0 Å². The summed E-state index contributed by atoms with van der Waals surface area (Å²) in [4.78, 5) is 19.2. The van der Waals surface area contributed by atoms with E-state index in [0.29, 0.717) is 23.8 Å². The average molecular weight is 321 g/mol. The van der Waals surface area contributed by atoms with Crippen LogP contribution in [0.4, 0.5) is 0 Å². The van der Waals surface area contributed by atoms with Crippen molar-refractivity contribution in [2.24, 2.45) is 0 Å². The number of carbonyl (C=O) groups excluding carboxylic acids is 1. The van der Waals surface area contributed by atoms with Crippen LogP contribution in [0, 0.1) is 0 Å². The lowest BCUT2D eigenvalue weighted by atomic mass is 9.98. The number of likely N-dealkylation sites (tertiary alicyclic amines) is 1. The number of thioether (sulfide) groups is 1. The largest absolute Gasteiger partial charge is 0.337 e. The van der Waals surface area contributed by atoms with Gasteiger partial charge in [-0.1, -0.05) is 19.9 Å². The van der Waals surface area contributed by atoms with Crippen LogP contribution in [0.3, 0.4) is 0 Å². The number of hydrogen-bond acceptors (Lipinski definition) is 3. The highest BCUT2D eigenvalue weighted by molar-refractivity contribution is 7.99. The topological polar surface area (TPSA) is 33.2 Å². The first-order chi connectivity index (χ1) is 10.5. The molecule has 4 heteroatoms. The molecule has 1 aromatic heterocycles. The lowest BCUT2D eigenvalue weighted by Gasteiger charge is -2.39. The van der Waals surface area contributed by atoms with Gasteiger partial charge in [-0.2, -0.15) is 0 Å². The second-order valence-electron chi connectivity index (χ2n) is 6.63. The summed E-state index contributed by atoms with van der Waals surface area (Å²) in [5, 5.41) is 0. The summed E-state index contributed by atoms with van der Waals surface area (Å²) in [5.41, 5.74) is 2.20. The third kappa shape index (κ3) is 4.48. The smallest absolute Gasteiger partial charge is 0.233 e. The van der Waals surface area contributed by atoms with Gasteiger partial charge < -0.3 is 4.90 Å². The molecule has 1 fully saturated rings. The number of carbonyl (C=O) groups is 1. The maximum Gasteiger partial charge on any atom is 0.233 e. The van der Waals surface area contributed by atoms with E-state index >= 15 is 0 Å². The third-order valence-corrected chi connectivity index (χ3v) is 5.33. The standard InChI is InChI=1S/C18H28N2OS/c1-13(2)17-10-6-9-16(19-17)11-22-12-18(21)20-14(3)7-5-8-15(20)4/h6,9-10,13-15H,5,7-8,11-12H2,1-4H3/t14-,15+. The van der Waals surface area contributed by atoms with Crippen molar-refractivity contribution >= 4 is 17.7 Å². The van der Waals surface area contributed by atoms with Crippen molar-refractivity contribution in [2.75, 3.05) is 5.75 Å². The molecule has 0 N–H and O–H groups in total. The highest BCUT2D eigenvalue weighted by Gasteiger charge is 2.28. The fourth-order valence-electron chi connectivity index (χ4n) is 3.13. The van der Waals surface area contributed by atoms with Gasteiger partial charge in [0, 0.05) is 23.5 Å². The van der Waals surface area contributed by atoms with Crippen LogP contribution < -0.4 is 0 Å². The van der Waals surface area contributed by atoms with Gasteiger partial charge in [0.25, 0.3) is 0 Å². The minimum absolute atomic E-state index is 0.282.